The Morgan fingerprint density at radius 2 is 1.94 bits per heavy atom. The predicted octanol–water partition coefficient (Wildman–Crippen LogP) is -0.984. The zero-order chi connectivity index (χ0) is 12.0. The summed E-state index contributed by atoms with van der Waals surface area (Å²) in [5, 5.41) is 8.40. The van der Waals surface area contributed by atoms with E-state index in [4.69, 9.17) is 5.11 Å². The van der Waals surface area contributed by atoms with E-state index in [9.17, 15) is 4.79 Å². The van der Waals surface area contributed by atoms with E-state index in [1.165, 1.54) is 11.8 Å². The van der Waals surface area contributed by atoms with Gasteiger partial charge in [-0.25, -0.2) is 4.79 Å². The van der Waals surface area contributed by atoms with Gasteiger partial charge < -0.3 is 14.3 Å². The summed E-state index contributed by atoms with van der Waals surface area (Å²) in [6.07, 6.45) is 0.311. The topological polar surface area (TPSA) is 49.7 Å². The molecule has 0 unspecified atom stereocenters. The van der Waals surface area contributed by atoms with Gasteiger partial charge in [-0.1, -0.05) is 30.3 Å². The highest BCUT2D eigenvalue weighted by molar-refractivity contribution is 5.78. The molecule has 0 radical (unpaired) electrons. The highest BCUT2D eigenvalue weighted by Crippen LogP contribution is 2.07. The Bertz CT molecular complexity index is 377. The fourth-order valence-electron chi connectivity index (χ4n) is 1.48. The summed E-state index contributed by atoms with van der Waals surface area (Å²) in [5.41, 5.74) is 1.23. The first kappa shape index (κ1) is 15.2. The maximum Gasteiger partial charge on any atom is 0.430 e. The lowest BCUT2D eigenvalue weighted by atomic mass is 10.2. The van der Waals surface area contributed by atoms with Gasteiger partial charge in [-0.3, -0.25) is 0 Å². The summed E-state index contributed by atoms with van der Waals surface area (Å²) >= 11 is 0. The molecule has 0 aromatic heterocycles. The lowest BCUT2D eigenvalue weighted by Gasteiger charge is -2.28. The van der Waals surface area contributed by atoms with Gasteiger partial charge in [-0.15, -0.1) is 0 Å². The van der Waals surface area contributed by atoms with Crippen LogP contribution in [0, 0.1) is 0 Å². The van der Waals surface area contributed by atoms with E-state index in [0.29, 0.717) is 11.0 Å². The largest absolute Gasteiger partial charge is 1.00 e. The number of hydrogen-bond acceptors (Lipinski definition) is 1. The zero-order valence-corrected chi connectivity index (χ0v) is 10.0. The summed E-state index contributed by atoms with van der Waals surface area (Å²) in [6, 6.07) is 10.1. The van der Waals surface area contributed by atoms with Crippen molar-refractivity contribution in [3.63, 3.8) is 0 Å². The molecule has 1 amide bonds. The van der Waals surface area contributed by atoms with Crippen LogP contribution in [0.5, 0.6) is 0 Å². The van der Waals surface area contributed by atoms with Gasteiger partial charge in [0.2, 0.25) is 0 Å². The van der Waals surface area contributed by atoms with Crippen molar-refractivity contribution < 1.29 is 19.1 Å². The van der Waals surface area contributed by atoms with E-state index in [1.54, 1.807) is 0 Å². The van der Waals surface area contributed by atoms with Crippen molar-refractivity contribution in [3.05, 3.63) is 35.9 Å². The molecule has 0 fully saturated rings. The molecule has 1 rings (SSSR count). The smallest absolute Gasteiger partial charge is 0.430 e. The molecule has 0 saturated carbocycles. The lowest BCUT2D eigenvalue weighted by molar-refractivity contribution is -0.894. The van der Waals surface area contributed by atoms with Crippen LogP contribution in [-0.2, 0) is 6.54 Å². The Morgan fingerprint density at radius 3 is 2.47 bits per heavy atom. The molecule has 4 nitrogen and oxygen atoms in total. The average Bonchev–Trinajstić information content (AvgIpc) is 2.17. The van der Waals surface area contributed by atoms with Gasteiger partial charge in [-0.2, -0.15) is 4.99 Å². The molecule has 0 bridgehead atoms. The molecular weight excluding hydrogens is 223 g/mol. The fraction of sp³-hybridized carbons (Fsp3) is 0.333. The van der Waals surface area contributed by atoms with Crippen LogP contribution in [0.1, 0.15) is 5.56 Å². The maximum atomic E-state index is 10.2. The number of hydrogen-bond donors (Lipinski definition) is 1. The van der Waals surface area contributed by atoms with Crippen LogP contribution in [0.4, 0.5) is 4.79 Å². The molecule has 0 heterocycles. The van der Waals surface area contributed by atoms with Gasteiger partial charge in [0.1, 0.15) is 13.1 Å². The first-order valence-corrected chi connectivity index (χ1v) is 5.11. The van der Waals surface area contributed by atoms with Crippen LogP contribution < -0.4 is 4.70 Å². The summed E-state index contributed by atoms with van der Waals surface area (Å²) in [6.45, 7) is 1.45. The van der Waals surface area contributed by atoms with Gasteiger partial charge in [0.05, 0.1) is 20.3 Å². The molecule has 5 heteroatoms. The normalized spacial score (nSPS) is 11.2. The third-order valence-electron chi connectivity index (χ3n) is 2.23. The van der Waals surface area contributed by atoms with E-state index < -0.39 is 6.09 Å². The summed E-state index contributed by atoms with van der Waals surface area (Å²) in [4.78, 5) is 13.6. The molecule has 1 aromatic rings. The van der Waals surface area contributed by atoms with E-state index in [1.807, 2.05) is 32.3 Å². The van der Waals surface area contributed by atoms with Crippen LogP contribution in [-0.4, -0.2) is 42.5 Å². The zero-order valence-electron chi connectivity index (χ0n) is 10.0. The standard InChI is InChI=1S/C12H16N2O2.FH/c1-14(2,9-8-13-12(15)16)10-11-6-4-3-5-7-11;/h3-8H,9-10H2,1-2H3;1H. The molecule has 1 N–H and O–H groups in total. The van der Waals surface area contributed by atoms with Crippen LogP contribution in [0.3, 0.4) is 0 Å². The second kappa shape index (κ2) is 6.75. The van der Waals surface area contributed by atoms with E-state index in [0.717, 1.165) is 6.54 Å². The molecule has 0 saturated heterocycles. The predicted molar refractivity (Wildman–Crippen MR) is 63.6 cm³/mol. The van der Waals surface area contributed by atoms with Crippen molar-refractivity contribution in [2.45, 2.75) is 6.54 Å². The molecule has 94 valence electrons. The molecule has 0 aliphatic carbocycles. The number of benzene rings is 1. The van der Waals surface area contributed by atoms with Crippen molar-refractivity contribution in [1.82, 2.24) is 0 Å². The minimum Gasteiger partial charge on any atom is -1.00 e. The minimum atomic E-state index is -1.14. The molecular formula is C12H17FN2O2. The fourth-order valence-corrected chi connectivity index (χ4v) is 1.48. The quantitative estimate of drug-likeness (QED) is 0.543. The summed E-state index contributed by atoms with van der Waals surface area (Å²) in [5.74, 6) is 0. The first-order chi connectivity index (χ1) is 7.49. The number of amides is 1. The van der Waals surface area contributed by atoms with Crippen molar-refractivity contribution >= 4 is 12.3 Å². The first-order valence-electron chi connectivity index (χ1n) is 5.11. The summed E-state index contributed by atoms with van der Waals surface area (Å²) < 4.78 is 0.681. The van der Waals surface area contributed by atoms with Crippen molar-refractivity contribution in [1.29, 1.82) is 0 Å². The Morgan fingerprint density at radius 1 is 1.35 bits per heavy atom. The number of nitrogens with zero attached hydrogens (tertiary/aromatic N) is 2. The monoisotopic (exact) mass is 240 g/mol. The van der Waals surface area contributed by atoms with Crippen molar-refractivity contribution in [2.24, 2.45) is 4.99 Å². The van der Waals surface area contributed by atoms with Gasteiger partial charge in [0, 0.05) is 5.56 Å². The van der Waals surface area contributed by atoms with E-state index in [2.05, 4.69) is 17.1 Å². The van der Waals surface area contributed by atoms with Crippen molar-refractivity contribution in [3.8, 4) is 0 Å². The third-order valence-corrected chi connectivity index (χ3v) is 2.23. The van der Waals surface area contributed by atoms with Crippen LogP contribution in [0.15, 0.2) is 35.3 Å². The summed E-state index contributed by atoms with van der Waals surface area (Å²) in [7, 11) is 4.09. The number of rotatable bonds is 4. The van der Waals surface area contributed by atoms with Gasteiger partial charge >= 0.3 is 6.09 Å². The van der Waals surface area contributed by atoms with Gasteiger partial charge in [0.25, 0.3) is 0 Å². The lowest BCUT2D eigenvalue weighted by Crippen LogP contribution is -3.00. The number of carbonyl (C=O) groups is 1. The molecule has 0 aliphatic rings. The third kappa shape index (κ3) is 6.42. The molecule has 17 heavy (non-hydrogen) atoms. The number of quaternary nitrogens is 1. The highest BCUT2D eigenvalue weighted by Gasteiger charge is 2.13. The van der Waals surface area contributed by atoms with Gasteiger partial charge in [-0.05, 0) is 0 Å². The van der Waals surface area contributed by atoms with Gasteiger partial charge in [0.15, 0.2) is 0 Å². The average molecular weight is 240 g/mol. The molecule has 0 aliphatic heterocycles. The number of carboxylic acid groups (broad SMARTS) is 1. The van der Waals surface area contributed by atoms with Crippen molar-refractivity contribution in [2.75, 3.05) is 20.6 Å². The highest BCUT2D eigenvalue weighted by atomic mass is 19.0. The van der Waals surface area contributed by atoms with E-state index >= 15 is 0 Å². The maximum absolute atomic E-state index is 10.2. The van der Waals surface area contributed by atoms with Crippen LogP contribution in [0.2, 0.25) is 0 Å². The Labute approximate surface area is 100 Å². The minimum absolute atomic E-state index is 0. The Kier molecular flexibility index (Phi) is 6.06. The Balaban J connectivity index is 0.00000256. The SMILES string of the molecule is C[N+](C)(CC=NC(=O)O)Cc1ccccc1.[F-]. The van der Waals surface area contributed by atoms with Crippen LogP contribution in [0.25, 0.3) is 0 Å². The number of aliphatic imine (C=N–C) groups is 1. The second-order valence-electron chi connectivity index (χ2n) is 4.36. The second-order valence-corrected chi connectivity index (χ2v) is 4.36. The van der Waals surface area contributed by atoms with E-state index in [-0.39, 0.29) is 4.70 Å². The van der Waals surface area contributed by atoms with Crippen LogP contribution >= 0.6 is 0 Å². The Hall–Kier alpha value is -1.75. The number of halogens is 1. The molecule has 0 spiro atoms. The molecule has 0 atom stereocenters. The molecule has 1 aromatic carbocycles.